The number of hydrogen-bond donors (Lipinski definition) is 0. The molecule has 0 saturated carbocycles. The van der Waals surface area contributed by atoms with Gasteiger partial charge in [-0.25, -0.2) is 0 Å². The Morgan fingerprint density at radius 3 is 1.00 bits per heavy atom. The minimum atomic E-state index is -1.67. The summed E-state index contributed by atoms with van der Waals surface area (Å²) in [7, 11) is -3.34. The van der Waals surface area contributed by atoms with E-state index in [9.17, 15) is 4.48 Å². The van der Waals surface area contributed by atoms with Gasteiger partial charge >= 0.3 is 0 Å². The molecule has 0 saturated heterocycles. The second kappa shape index (κ2) is 4.24. The van der Waals surface area contributed by atoms with E-state index in [1.54, 1.807) is 0 Å². The van der Waals surface area contributed by atoms with Crippen molar-refractivity contribution in [2.24, 2.45) is 0 Å². The Kier molecular flexibility index (Phi) is 5.57. The smallest absolute Gasteiger partial charge is 0.147 e. The predicted molar refractivity (Wildman–Crippen MR) is 55.4 cm³/mol. The van der Waals surface area contributed by atoms with Crippen molar-refractivity contribution in [3.05, 3.63) is 0 Å². The normalized spacial score (nSPS) is 13.1. The van der Waals surface area contributed by atoms with Gasteiger partial charge in [-0.2, -0.15) is 8.93 Å². The number of hydrogen-bond acceptors (Lipinski definition) is 1. The van der Waals surface area contributed by atoms with E-state index in [0.717, 1.165) is 4.45 Å². The van der Waals surface area contributed by atoms with Crippen LogP contribution in [-0.2, 0) is 0 Å². The quantitative estimate of drug-likeness (QED) is 0.473. The summed E-state index contributed by atoms with van der Waals surface area (Å²) in [6.07, 6.45) is 0. The zero-order chi connectivity index (χ0) is 8.58. The zero-order valence-electron chi connectivity index (χ0n) is 8.83. The Hall–Kier alpha value is 0.921. The molecule has 0 heterocycles. The van der Waals surface area contributed by atoms with Crippen LogP contribution in [0.4, 0.5) is 4.48 Å². The van der Waals surface area contributed by atoms with Gasteiger partial charge in [0.1, 0.15) is 16.5 Å². The predicted octanol–water partition coefficient (Wildman–Crippen LogP) is 2.46. The van der Waals surface area contributed by atoms with E-state index in [2.05, 4.69) is 0 Å². The van der Waals surface area contributed by atoms with Crippen LogP contribution in [0.3, 0.4) is 0 Å². The Morgan fingerprint density at radius 1 is 0.818 bits per heavy atom. The first-order valence-electron chi connectivity index (χ1n) is 3.62. The number of rotatable bonds is 2. The van der Waals surface area contributed by atoms with Crippen molar-refractivity contribution >= 4 is 35.3 Å². The Labute approximate surface area is 83.6 Å². The molecule has 0 aromatic heterocycles. The van der Waals surface area contributed by atoms with Crippen LogP contribution in [0, 0.1) is 0 Å². The summed E-state index contributed by atoms with van der Waals surface area (Å²) in [6.45, 7) is 12.2. The molecule has 0 N–H and O–H groups in total. The topological polar surface area (TPSA) is 3.24 Å². The molecular weight excluding hydrogens is 168 g/mol. The fourth-order valence-electron chi connectivity index (χ4n) is 1.01. The monoisotopic (exact) mass is 186 g/mol. The summed E-state index contributed by atoms with van der Waals surface area (Å²) in [4.78, 5) is 0. The second-order valence-electron chi connectivity index (χ2n) is 4.62. The average Bonchev–Trinajstić information content (AvgIpc) is 1.59. The SMILES string of the molecule is C[Si](C)(C)N(F)[Si](C)(C)C.[Li]. The standard InChI is InChI=1S/C6H18FNSi2.Li/c1-9(2,3)8(7)10(4,5)6;/h1-6H3;. The third-order valence-electron chi connectivity index (χ3n) is 1.18. The van der Waals surface area contributed by atoms with Crippen LogP contribution >= 0.6 is 0 Å². The van der Waals surface area contributed by atoms with Crippen molar-refractivity contribution in [1.29, 1.82) is 0 Å². The second-order valence-corrected chi connectivity index (χ2v) is 14.5. The van der Waals surface area contributed by atoms with E-state index >= 15 is 0 Å². The fourth-order valence-corrected chi connectivity index (χ4v) is 9.06. The maximum Gasteiger partial charge on any atom is 0.147 e. The number of halogens is 1. The average molecular weight is 186 g/mol. The third-order valence-corrected chi connectivity index (χ3v) is 7.56. The van der Waals surface area contributed by atoms with E-state index in [1.165, 1.54) is 0 Å². The molecule has 0 aliphatic heterocycles. The van der Waals surface area contributed by atoms with Gasteiger partial charge in [0.15, 0.2) is 0 Å². The first-order valence-corrected chi connectivity index (χ1v) is 10.5. The van der Waals surface area contributed by atoms with Crippen molar-refractivity contribution < 1.29 is 4.48 Å². The van der Waals surface area contributed by atoms with Crippen molar-refractivity contribution in [3.63, 3.8) is 0 Å². The van der Waals surface area contributed by atoms with Gasteiger partial charge in [-0.3, -0.25) is 0 Å². The minimum Gasteiger partial charge on any atom is -0.195 e. The van der Waals surface area contributed by atoms with Crippen molar-refractivity contribution in [2.45, 2.75) is 39.3 Å². The van der Waals surface area contributed by atoms with E-state index in [4.69, 9.17) is 0 Å². The summed E-state index contributed by atoms with van der Waals surface area (Å²) in [5.74, 6) is 0. The Morgan fingerprint density at radius 2 is 1.00 bits per heavy atom. The molecule has 0 unspecified atom stereocenters. The largest absolute Gasteiger partial charge is 0.195 e. The molecule has 0 aliphatic carbocycles. The molecule has 1 radical (unpaired) electrons. The summed E-state index contributed by atoms with van der Waals surface area (Å²) in [6, 6.07) is 0. The molecule has 0 aliphatic rings. The van der Waals surface area contributed by atoms with Gasteiger partial charge in [-0.05, 0) is 0 Å². The molecule has 0 amide bonds. The molecule has 1 nitrogen and oxygen atoms in total. The van der Waals surface area contributed by atoms with E-state index in [1.807, 2.05) is 39.3 Å². The van der Waals surface area contributed by atoms with Crippen LogP contribution in [0.15, 0.2) is 0 Å². The van der Waals surface area contributed by atoms with Crippen molar-refractivity contribution in [3.8, 4) is 0 Å². The van der Waals surface area contributed by atoms with Crippen LogP contribution in [0.25, 0.3) is 0 Å². The van der Waals surface area contributed by atoms with Crippen LogP contribution in [0.2, 0.25) is 39.3 Å². The van der Waals surface area contributed by atoms with Gasteiger partial charge in [0, 0.05) is 18.9 Å². The Balaban J connectivity index is 0. The Bertz CT molecular complexity index is 105. The van der Waals surface area contributed by atoms with E-state index in [-0.39, 0.29) is 18.9 Å². The summed E-state index contributed by atoms with van der Waals surface area (Å²) in [5, 5.41) is 0. The summed E-state index contributed by atoms with van der Waals surface area (Å²) < 4.78 is 14.5. The van der Waals surface area contributed by atoms with Crippen molar-refractivity contribution in [2.75, 3.05) is 0 Å². The van der Waals surface area contributed by atoms with Gasteiger partial charge in [0.05, 0.1) is 0 Å². The van der Waals surface area contributed by atoms with Crippen LogP contribution in [0.1, 0.15) is 0 Å². The van der Waals surface area contributed by atoms with E-state index < -0.39 is 16.5 Å². The van der Waals surface area contributed by atoms with Crippen molar-refractivity contribution in [1.82, 2.24) is 4.45 Å². The molecule has 11 heavy (non-hydrogen) atoms. The minimum absolute atomic E-state index is 0. The zero-order valence-corrected chi connectivity index (χ0v) is 10.8. The molecule has 0 aromatic carbocycles. The molecule has 0 spiro atoms. The third kappa shape index (κ3) is 5.21. The first-order chi connectivity index (χ1) is 4.15. The first kappa shape index (κ1) is 14.4. The van der Waals surface area contributed by atoms with Crippen LogP contribution in [0.5, 0.6) is 0 Å². The van der Waals surface area contributed by atoms with Gasteiger partial charge in [0.2, 0.25) is 0 Å². The van der Waals surface area contributed by atoms with E-state index in [0.29, 0.717) is 0 Å². The molecule has 5 heteroatoms. The van der Waals surface area contributed by atoms with Gasteiger partial charge in [-0.1, -0.05) is 39.3 Å². The molecule has 0 rings (SSSR count). The van der Waals surface area contributed by atoms with Gasteiger partial charge in [-0.15, -0.1) is 0 Å². The maximum absolute atomic E-state index is 13.4. The number of nitrogens with zero attached hydrogens (tertiary/aromatic N) is 1. The summed E-state index contributed by atoms with van der Waals surface area (Å²) in [5.41, 5.74) is 0. The molecule has 0 bridgehead atoms. The summed E-state index contributed by atoms with van der Waals surface area (Å²) >= 11 is 0. The van der Waals surface area contributed by atoms with Crippen LogP contribution in [-0.4, -0.2) is 39.8 Å². The molecule has 63 valence electrons. The maximum atomic E-state index is 13.4. The molecule has 0 fully saturated rings. The van der Waals surface area contributed by atoms with Gasteiger partial charge in [0.25, 0.3) is 0 Å². The van der Waals surface area contributed by atoms with Crippen LogP contribution < -0.4 is 0 Å². The molecular formula is C6H18FLiNSi2. The fraction of sp³-hybridized carbons (Fsp3) is 1.00. The van der Waals surface area contributed by atoms with Gasteiger partial charge < -0.3 is 0 Å². The molecule has 0 aromatic rings. The molecule has 0 atom stereocenters.